The maximum Gasteiger partial charge on any atom is 0.252 e. The number of hydrogen-bond acceptors (Lipinski definition) is 2. The van der Waals surface area contributed by atoms with Crippen LogP contribution < -0.4 is 0 Å². The molecule has 0 unspecified atom stereocenters. The zero-order valence-corrected chi connectivity index (χ0v) is 12.9. The first-order valence-corrected chi connectivity index (χ1v) is 7.75. The minimum atomic E-state index is -4.33. The monoisotopic (exact) mass is 379 g/mol. The smallest absolute Gasteiger partial charge is 0.209 e. The first-order chi connectivity index (χ1) is 8.70. The summed E-state index contributed by atoms with van der Waals surface area (Å²) >= 11 is 8.52. The van der Waals surface area contributed by atoms with Crippen LogP contribution in [-0.2, 0) is 15.9 Å². The minimum absolute atomic E-state index is 0.0277. The fraction of sp³-hybridized carbons (Fsp3) is 0.400. The zero-order valence-electron chi connectivity index (χ0n) is 9.71. The van der Waals surface area contributed by atoms with E-state index in [2.05, 4.69) is 15.9 Å². The summed E-state index contributed by atoms with van der Waals surface area (Å²) in [5.41, 5.74) is -0.0277. The van der Waals surface area contributed by atoms with Gasteiger partial charge in [-0.25, -0.2) is 21.6 Å². The first-order valence-electron chi connectivity index (χ1n) is 4.98. The van der Waals surface area contributed by atoms with Crippen LogP contribution in [0.3, 0.4) is 0 Å². The van der Waals surface area contributed by atoms with E-state index in [1.165, 1.54) is 6.07 Å². The Morgan fingerprint density at radius 1 is 1.42 bits per heavy atom. The molecule has 0 aliphatic heterocycles. The molecule has 1 rings (SSSR count). The van der Waals surface area contributed by atoms with E-state index in [9.17, 15) is 21.6 Å². The molecule has 0 bridgehead atoms. The molecule has 1 aromatic rings. The average Bonchev–Trinajstić information content (AvgIpc) is 2.30. The van der Waals surface area contributed by atoms with Gasteiger partial charge in [0.05, 0.1) is 12.4 Å². The number of alkyl halides is 3. The van der Waals surface area contributed by atoms with E-state index < -0.39 is 33.7 Å². The predicted octanol–water partition coefficient (Wildman–Crippen LogP) is 3.21. The Hall–Kier alpha value is -0.310. The molecule has 0 spiro atoms. The highest BCUT2D eigenvalue weighted by atomic mass is 79.9. The maximum absolute atomic E-state index is 13.9. The van der Waals surface area contributed by atoms with Gasteiger partial charge >= 0.3 is 0 Å². The van der Waals surface area contributed by atoms with Crippen molar-refractivity contribution in [2.45, 2.75) is 17.2 Å². The molecular weight excluding hydrogens is 371 g/mol. The Labute approximate surface area is 122 Å². The molecule has 3 nitrogen and oxygen atoms in total. The molecule has 0 N–H and O–H groups in total. The van der Waals surface area contributed by atoms with Crippen molar-refractivity contribution in [2.24, 2.45) is 0 Å². The summed E-state index contributed by atoms with van der Waals surface area (Å²) in [6, 6.07) is 2.34. The second-order valence-electron chi connectivity index (χ2n) is 3.69. The molecule has 0 atom stereocenters. The molecule has 9 heteroatoms. The molecule has 19 heavy (non-hydrogen) atoms. The van der Waals surface area contributed by atoms with Crippen LogP contribution in [0.15, 0.2) is 21.5 Å². The molecule has 0 saturated carbocycles. The molecule has 1 aromatic carbocycles. The highest BCUT2D eigenvalue weighted by Crippen LogP contribution is 2.27. The second-order valence-corrected chi connectivity index (χ2v) is 6.88. The van der Waals surface area contributed by atoms with Gasteiger partial charge in [0.15, 0.2) is 0 Å². The van der Waals surface area contributed by atoms with Crippen LogP contribution in [0, 0.1) is 5.82 Å². The fourth-order valence-corrected chi connectivity index (χ4v) is 3.49. The second kappa shape index (κ2) is 6.43. The normalized spacial score (nSPS) is 12.4. The lowest BCUT2D eigenvalue weighted by Gasteiger charge is -2.18. The van der Waals surface area contributed by atoms with Crippen molar-refractivity contribution < 1.29 is 21.6 Å². The van der Waals surface area contributed by atoms with Crippen molar-refractivity contribution in [3.8, 4) is 0 Å². The van der Waals surface area contributed by atoms with Crippen molar-refractivity contribution in [3.63, 3.8) is 0 Å². The number of rotatable bonds is 5. The number of benzene rings is 1. The van der Waals surface area contributed by atoms with Gasteiger partial charge in [-0.3, -0.25) is 0 Å². The van der Waals surface area contributed by atoms with Crippen molar-refractivity contribution in [2.75, 3.05) is 13.6 Å². The van der Waals surface area contributed by atoms with Crippen LogP contribution >= 0.6 is 27.5 Å². The molecule has 0 aromatic heterocycles. The summed E-state index contributed by atoms with van der Waals surface area (Å²) in [6.07, 6.45) is -2.84. The van der Waals surface area contributed by atoms with Crippen LogP contribution in [0.4, 0.5) is 13.2 Å². The van der Waals surface area contributed by atoms with Gasteiger partial charge in [-0.05, 0) is 12.1 Å². The van der Waals surface area contributed by atoms with E-state index in [4.69, 9.17) is 11.6 Å². The minimum Gasteiger partial charge on any atom is -0.209 e. The van der Waals surface area contributed by atoms with Gasteiger partial charge < -0.3 is 0 Å². The predicted molar refractivity (Wildman–Crippen MR) is 69.5 cm³/mol. The lowest BCUT2D eigenvalue weighted by Crippen LogP contribution is -2.32. The molecule has 108 valence electrons. The van der Waals surface area contributed by atoms with Gasteiger partial charge in [-0.15, -0.1) is 11.6 Å². The molecule has 0 aliphatic carbocycles. The van der Waals surface area contributed by atoms with E-state index >= 15 is 0 Å². The first kappa shape index (κ1) is 16.7. The van der Waals surface area contributed by atoms with Crippen LogP contribution in [0.25, 0.3) is 0 Å². The van der Waals surface area contributed by atoms with Crippen molar-refractivity contribution in [3.05, 3.63) is 28.0 Å². The van der Waals surface area contributed by atoms with E-state index in [1.807, 2.05) is 0 Å². The maximum atomic E-state index is 13.9. The number of nitrogens with zero attached hydrogens (tertiary/aromatic N) is 1. The topological polar surface area (TPSA) is 37.4 Å². The molecule has 0 amide bonds. The van der Waals surface area contributed by atoms with Crippen LogP contribution in [-0.4, -0.2) is 32.7 Å². The Balaban J connectivity index is 3.32. The summed E-state index contributed by atoms with van der Waals surface area (Å²) in [5.74, 6) is -1.26. The third kappa shape index (κ3) is 3.84. The lowest BCUT2D eigenvalue weighted by molar-refractivity contribution is 0.126. The third-order valence-corrected chi connectivity index (χ3v) is 4.88. The van der Waals surface area contributed by atoms with Crippen LogP contribution in [0.2, 0.25) is 0 Å². The van der Waals surface area contributed by atoms with Gasteiger partial charge in [-0.2, -0.15) is 4.31 Å². The number of sulfonamides is 1. The van der Waals surface area contributed by atoms with Gasteiger partial charge in [-0.1, -0.05) is 15.9 Å². The Morgan fingerprint density at radius 2 is 2.00 bits per heavy atom. The van der Waals surface area contributed by atoms with Crippen LogP contribution in [0.1, 0.15) is 5.56 Å². The lowest BCUT2D eigenvalue weighted by atomic mass is 10.2. The summed E-state index contributed by atoms with van der Waals surface area (Å²) in [4.78, 5) is -0.680. The average molecular weight is 381 g/mol. The SMILES string of the molecule is CN(CC(F)F)S(=O)(=O)c1cc(Br)cc(CCl)c1F. The highest BCUT2D eigenvalue weighted by molar-refractivity contribution is 9.10. The van der Waals surface area contributed by atoms with E-state index in [1.54, 1.807) is 0 Å². The zero-order chi connectivity index (χ0) is 14.8. The molecule has 0 saturated heterocycles. The summed E-state index contributed by atoms with van der Waals surface area (Å²) < 4.78 is 63.1. The summed E-state index contributed by atoms with van der Waals surface area (Å²) in [7, 11) is -3.37. The molecule has 0 radical (unpaired) electrons. The van der Waals surface area contributed by atoms with Crippen LogP contribution in [0.5, 0.6) is 0 Å². The van der Waals surface area contributed by atoms with Gasteiger partial charge in [0.1, 0.15) is 10.7 Å². The Bertz CT molecular complexity index is 568. The standard InChI is InChI=1S/C10H10BrClF3NO2S/c1-16(5-9(13)14)19(17,18)8-3-7(11)2-6(4-12)10(8)15/h2-3,9H,4-5H2,1H3. The van der Waals surface area contributed by atoms with Gasteiger partial charge in [0.25, 0.3) is 6.43 Å². The van der Waals surface area contributed by atoms with Crippen molar-refractivity contribution >= 4 is 37.6 Å². The van der Waals surface area contributed by atoms with Gasteiger partial charge in [0.2, 0.25) is 10.0 Å². The molecule has 0 heterocycles. The van der Waals surface area contributed by atoms with E-state index in [-0.39, 0.29) is 11.4 Å². The Kier molecular flexibility index (Phi) is 5.66. The van der Waals surface area contributed by atoms with E-state index in [0.29, 0.717) is 8.78 Å². The quantitative estimate of drug-likeness (QED) is 0.736. The largest absolute Gasteiger partial charge is 0.252 e. The molecular formula is C10H10BrClF3NO2S. The number of hydrogen-bond donors (Lipinski definition) is 0. The summed E-state index contributed by atoms with van der Waals surface area (Å²) in [5, 5.41) is 0. The molecule has 0 fully saturated rings. The molecule has 0 aliphatic rings. The third-order valence-electron chi connectivity index (χ3n) is 2.31. The fourth-order valence-electron chi connectivity index (χ4n) is 1.36. The van der Waals surface area contributed by atoms with E-state index in [0.717, 1.165) is 13.1 Å². The van der Waals surface area contributed by atoms with Crippen molar-refractivity contribution in [1.82, 2.24) is 4.31 Å². The Morgan fingerprint density at radius 3 is 2.47 bits per heavy atom. The summed E-state index contributed by atoms with van der Waals surface area (Å²) in [6.45, 7) is -1.01. The number of halogens is 5. The highest BCUT2D eigenvalue weighted by Gasteiger charge is 2.28. The van der Waals surface area contributed by atoms with Crippen molar-refractivity contribution in [1.29, 1.82) is 0 Å². The van der Waals surface area contributed by atoms with Gasteiger partial charge in [0, 0.05) is 17.1 Å².